The fourth-order valence-electron chi connectivity index (χ4n) is 5.31. The average Bonchev–Trinajstić information content (AvgIpc) is 3.24. The van der Waals surface area contributed by atoms with Crippen molar-refractivity contribution in [2.24, 2.45) is 0 Å². The molecule has 2 radical (unpaired) electrons. The minimum absolute atomic E-state index is 0.149. The highest BCUT2D eigenvalue weighted by Crippen LogP contribution is 2.51. The SMILES string of the molecule is Cc1cc(C)c(N2[C]N(c3ccccc3S(=O)(=O)O)[C@H](c3ccccc3)[C@H]2c2ccccc2)c(C)c1. The van der Waals surface area contributed by atoms with Gasteiger partial charge in [-0.2, -0.15) is 8.42 Å². The molecule has 182 valence electrons. The Balaban J connectivity index is 1.79. The molecule has 1 saturated heterocycles. The third-order valence-corrected chi connectivity index (χ3v) is 7.53. The maximum atomic E-state index is 12.4. The molecule has 1 aliphatic heterocycles. The standard InChI is InChI=1S/C30H28N2O3S/c1-21-18-22(2)28(23(3)19-21)32-20-31(26-16-10-11-17-27(26)36(33,34)35)29(24-12-6-4-7-13-24)30(32)25-14-8-5-9-15-25/h4-19,29-30H,1-3H3,(H,33,34,35)/t29-,30-/m1/s1. The van der Waals surface area contributed by atoms with E-state index in [1.807, 2.05) is 53.4 Å². The van der Waals surface area contributed by atoms with E-state index in [1.165, 1.54) is 11.6 Å². The van der Waals surface area contributed by atoms with Gasteiger partial charge in [0.05, 0.1) is 17.8 Å². The molecular formula is C30H28N2O3S. The zero-order valence-corrected chi connectivity index (χ0v) is 21.3. The molecule has 0 spiro atoms. The van der Waals surface area contributed by atoms with Crippen LogP contribution < -0.4 is 9.80 Å². The Morgan fingerprint density at radius 1 is 0.694 bits per heavy atom. The first kappa shape index (κ1) is 24.1. The van der Waals surface area contributed by atoms with Crippen molar-refractivity contribution in [2.45, 2.75) is 37.8 Å². The van der Waals surface area contributed by atoms with Crippen molar-refractivity contribution in [3.8, 4) is 0 Å². The van der Waals surface area contributed by atoms with Crippen molar-refractivity contribution in [1.29, 1.82) is 0 Å². The summed E-state index contributed by atoms with van der Waals surface area (Å²) in [6.45, 7) is 9.78. The molecular weight excluding hydrogens is 468 g/mol. The van der Waals surface area contributed by atoms with Gasteiger partial charge in [-0.3, -0.25) is 4.55 Å². The van der Waals surface area contributed by atoms with Gasteiger partial charge in [-0.25, -0.2) is 0 Å². The van der Waals surface area contributed by atoms with Crippen LogP contribution in [0.1, 0.15) is 39.9 Å². The van der Waals surface area contributed by atoms with Crippen LogP contribution in [0.5, 0.6) is 0 Å². The van der Waals surface area contributed by atoms with E-state index < -0.39 is 10.1 Å². The van der Waals surface area contributed by atoms with Crippen molar-refractivity contribution < 1.29 is 13.0 Å². The van der Waals surface area contributed by atoms with E-state index in [9.17, 15) is 13.0 Å². The number of aryl methyl sites for hydroxylation is 3. The molecule has 0 bridgehead atoms. The molecule has 36 heavy (non-hydrogen) atoms. The van der Waals surface area contributed by atoms with Crippen LogP contribution in [0, 0.1) is 27.4 Å². The van der Waals surface area contributed by atoms with E-state index in [-0.39, 0.29) is 17.0 Å². The number of para-hydroxylation sites is 1. The van der Waals surface area contributed by atoms with Crippen molar-refractivity contribution >= 4 is 21.5 Å². The maximum absolute atomic E-state index is 12.4. The quantitative estimate of drug-likeness (QED) is 0.313. The van der Waals surface area contributed by atoms with Crippen LogP contribution in [0.2, 0.25) is 0 Å². The third-order valence-electron chi connectivity index (χ3n) is 6.63. The summed E-state index contributed by atoms with van der Waals surface area (Å²) >= 11 is 0. The van der Waals surface area contributed by atoms with Gasteiger partial charge in [0.2, 0.25) is 6.67 Å². The minimum atomic E-state index is -4.46. The van der Waals surface area contributed by atoms with Crippen LogP contribution >= 0.6 is 0 Å². The minimum Gasteiger partial charge on any atom is -0.331 e. The van der Waals surface area contributed by atoms with E-state index in [4.69, 9.17) is 0 Å². The molecule has 4 aromatic carbocycles. The number of nitrogens with zero attached hydrogens (tertiary/aromatic N) is 2. The summed E-state index contributed by atoms with van der Waals surface area (Å²) in [7, 11) is -4.46. The molecule has 0 aromatic heterocycles. The predicted octanol–water partition coefficient (Wildman–Crippen LogP) is 6.66. The molecule has 1 fully saturated rings. The van der Waals surface area contributed by atoms with E-state index >= 15 is 0 Å². The molecule has 1 heterocycles. The van der Waals surface area contributed by atoms with Gasteiger partial charge in [-0.1, -0.05) is 90.5 Å². The van der Waals surface area contributed by atoms with Crippen LogP contribution in [0.4, 0.5) is 11.4 Å². The van der Waals surface area contributed by atoms with Gasteiger partial charge in [0.25, 0.3) is 10.1 Å². The number of rotatable bonds is 5. The van der Waals surface area contributed by atoms with Crippen molar-refractivity contribution in [3.05, 3.63) is 132 Å². The lowest BCUT2D eigenvalue weighted by atomic mass is 9.91. The zero-order chi connectivity index (χ0) is 25.4. The molecule has 5 nitrogen and oxygen atoms in total. The number of anilines is 2. The second kappa shape index (κ2) is 9.45. The molecule has 0 saturated carbocycles. The molecule has 2 atom stereocenters. The summed E-state index contributed by atoms with van der Waals surface area (Å²) in [6, 6.07) is 30.5. The lowest BCUT2D eigenvalue weighted by molar-refractivity contribution is 0.483. The van der Waals surface area contributed by atoms with Gasteiger partial charge in [-0.05, 0) is 55.2 Å². The monoisotopic (exact) mass is 496 g/mol. The molecule has 6 heteroatoms. The van der Waals surface area contributed by atoms with Crippen LogP contribution in [0.3, 0.4) is 0 Å². The molecule has 0 amide bonds. The van der Waals surface area contributed by atoms with E-state index in [1.54, 1.807) is 18.2 Å². The summed E-state index contributed by atoms with van der Waals surface area (Å²) < 4.78 is 34.9. The second-order valence-electron chi connectivity index (χ2n) is 9.24. The molecule has 4 aromatic rings. The Morgan fingerprint density at radius 2 is 1.17 bits per heavy atom. The lowest BCUT2D eigenvalue weighted by Crippen LogP contribution is -2.25. The van der Waals surface area contributed by atoms with Gasteiger partial charge in [-0.15, -0.1) is 0 Å². The largest absolute Gasteiger partial charge is 0.331 e. The molecule has 0 unspecified atom stereocenters. The number of benzene rings is 4. The Labute approximate surface area is 213 Å². The summed E-state index contributed by atoms with van der Waals surface area (Å²) in [5, 5.41) is 0. The third kappa shape index (κ3) is 4.38. The highest BCUT2D eigenvalue weighted by molar-refractivity contribution is 7.86. The van der Waals surface area contributed by atoms with E-state index in [2.05, 4.69) is 56.6 Å². The summed E-state index contributed by atoms with van der Waals surface area (Å²) in [5.41, 5.74) is 6.88. The Bertz CT molecular complexity index is 1460. The Hall–Kier alpha value is -3.61. The normalized spacial score (nSPS) is 18.0. The Kier molecular flexibility index (Phi) is 6.33. The van der Waals surface area contributed by atoms with Gasteiger partial charge in [0.1, 0.15) is 4.90 Å². The first-order chi connectivity index (χ1) is 17.3. The highest BCUT2D eigenvalue weighted by Gasteiger charge is 2.45. The van der Waals surface area contributed by atoms with Crippen LogP contribution in [0.15, 0.2) is 102 Å². The zero-order valence-electron chi connectivity index (χ0n) is 20.5. The van der Waals surface area contributed by atoms with Crippen LogP contribution in [0.25, 0.3) is 0 Å². The van der Waals surface area contributed by atoms with E-state index in [0.717, 1.165) is 27.9 Å². The van der Waals surface area contributed by atoms with E-state index in [0.29, 0.717) is 5.69 Å². The fraction of sp³-hybridized carbons (Fsp3) is 0.167. The first-order valence-electron chi connectivity index (χ1n) is 11.8. The van der Waals surface area contributed by atoms with Crippen LogP contribution in [-0.2, 0) is 10.1 Å². The van der Waals surface area contributed by atoms with Crippen molar-refractivity contribution in [1.82, 2.24) is 0 Å². The number of hydrogen-bond acceptors (Lipinski definition) is 4. The second-order valence-corrected chi connectivity index (χ2v) is 10.6. The molecule has 0 aliphatic carbocycles. The van der Waals surface area contributed by atoms with Gasteiger partial charge in [0, 0.05) is 5.69 Å². The summed E-state index contributed by atoms with van der Waals surface area (Å²) in [5.74, 6) is 0. The average molecular weight is 497 g/mol. The van der Waals surface area contributed by atoms with Gasteiger partial charge < -0.3 is 9.80 Å². The van der Waals surface area contributed by atoms with Gasteiger partial charge >= 0.3 is 0 Å². The molecule has 5 rings (SSSR count). The topological polar surface area (TPSA) is 60.9 Å². The Morgan fingerprint density at radius 3 is 1.69 bits per heavy atom. The number of hydrogen-bond donors (Lipinski definition) is 1. The highest BCUT2D eigenvalue weighted by atomic mass is 32.2. The van der Waals surface area contributed by atoms with Crippen LogP contribution in [-0.4, -0.2) is 13.0 Å². The molecule has 1 N–H and O–H groups in total. The van der Waals surface area contributed by atoms with Gasteiger partial charge in [0.15, 0.2) is 0 Å². The lowest BCUT2D eigenvalue weighted by Gasteiger charge is -2.32. The predicted molar refractivity (Wildman–Crippen MR) is 143 cm³/mol. The summed E-state index contributed by atoms with van der Waals surface area (Å²) in [6.07, 6.45) is 0. The summed E-state index contributed by atoms with van der Waals surface area (Å²) in [4.78, 5) is 3.83. The fourth-order valence-corrected chi connectivity index (χ4v) is 5.99. The molecule has 1 aliphatic rings. The smallest absolute Gasteiger partial charge is 0.296 e. The van der Waals surface area contributed by atoms with Crippen molar-refractivity contribution in [3.63, 3.8) is 0 Å². The first-order valence-corrected chi connectivity index (χ1v) is 13.3. The van der Waals surface area contributed by atoms with Crippen molar-refractivity contribution in [2.75, 3.05) is 9.80 Å². The maximum Gasteiger partial charge on any atom is 0.296 e.